The Bertz CT molecular complexity index is 675. The van der Waals surface area contributed by atoms with Gasteiger partial charge in [0.25, 0.3) is 0 Å². The minimum atomic E-state index is -0.944. The van der Waals surface area contributed by atoms with Crippen LogP contribution in [0.4, 0.5) is 0 Å². The normalized spacial score (nSPS) is 12.4. The third-order valence-corrected chi connectivity index (χ3v) is 3.33. The summed E-state index contributed by atoms with van der Waals surface area (Å²) in [5.41, 5.74) is 1.37. The van der Waals surface area contributed by atoms with E-state index in [-0.39, 0.29) is 6.54 Å². The van der Waals surface area contributed by atoms with E-state index in [1.165, 1.54) is 0 Å². The van der Waals surface area contributed by atoms with Crippen LogP contribution in [0.25, 0.3) is 10.9 Å². The Hall–Kier alpha value is -2.21. The first-order valence-corrected chi connectivity index (χ1v) is 7.30. The van der Waals surface area contributed by atoms with Gasteiger partial charge in [0, 0.05) is 23.2 Å². The van der Waals surface area contributed by atoms with E-state index in [2.05, 4.69) is 0 Å². The third-order valence-electron chi connectivity index (χ3n) is 3.33. The van der Waals surface area contributed by atoms with E-state index in [9.17, 15) is 9.90 Å². The van der Waals surface area contributed by atoms with E-state index < -0.39 is 12.1 Å². The maximum Gasteiger partial charge on any atom is 0.323 e. The van der Waals surface area contributed by atoms with Crippen LogP contribution in [-0.4, -0.2) is 34.0 Å². The molecule has 1 atom stereocenters. The first-order chi connectivity index (χ1) is 10.5. The molecule has 0 saturated heterocycles. The smallest absolute Gasteiger partial charge is 0.323 e. The Morgan fingerprint density at radius 3 is 2.32 bits per heavy atom. The molecule has 1 aromatic heterocycles. The fourth-order valence-corrected chi connectivity index (χ4v) is 2.47. The Kier molecular flexibility index (Phi) is 4.92. The zero-order chi connectivity index (χ0) is 16.3. The summed E-state index contributed by atoms with van der Waals surface area (Å²) in [6.07, 6.45) is 0.958. The number of hydrogen-bond donors (Lipinski definition) is 2. The molecule has 0 aliphatic rings. The minimum Gasteiger partial charge on any atom is -0.490 e. The van der Waals surface area contributed by atoms with E-state index >= 15 is 0 Å². The number of ether oxygens (including phenoxy) is 2. The van der Waals surface area contributed by atoms with Crippen molar-refractivity contribution in [3.8, 4) is 11.5 Å². The number of carboxylic acid groups (broad SMARTS) is 1. The highest BCUT2D eigenvalue weighted by atomic mass is 16.5. The molecule has 0 radical (unpaired) electrons. The number of benzene rings is 1. The summed E-state index contributed by atoms with van der Waals surface area (Å²) < 4.78 is 12.8. The molecule has 22 heavy (non-hydrogen) atoms. The molecule has 1 unspecified atom stereocenters. The molecule has 120 valence electrons. The SMILES string of the molecule is CCOc1cc2c(C(C)O)cn(CC(=O)O)c2cc1OCC. The predicted octanol–water partition coefficient (Wildman–Crippen LogP) is 2.58. The molecule has 2 N–H and O–H groups in total. The number of fused-ring (bicyclic) bond motifs is 1. The molecule has 0 amide bonds. The highest BCUT2D eigenvalue weighted by Crippen LogP contribution is 2.37. The van der Waals surface area contributed by atoms with Crippen LogP contribution in [0.5, 0.6) is 11.5 Å². The number of carbonyl (C=O) groups is 1. The van der Waals surface area contributed by atoms with Crippen molar-refractivity contribution in [3.05, 3.63) is 23.9 Å². The molecule has 0 aliphatic carbocycles. The zero-order valence-corrected chi connectivity index (χ0v) is 13.0. The second kappa shape index (κ2) is 6.70. The average molecular weight is 307 g/mol. The largest absolute Gasteiger partial charge is 0.490 e. The van der Waals surface area contributed by atoms with Gasteiger partial charge in [0.05, 0.1) is 24.8 Å². The van der Waals surface area contributed by atoms with Gasteiger partial charge in [-0.3, -0.25) is 4.79 Å². The van der Waals surface area contributed by atoms with Crippen LogP contribution in [0.3, 0.4) is 0 Å². The molecule has 6 nitrogen and oxygen atoms in total. The Balaban J connectivity index is 2.67. The fourth-order valence-electron chi connectivity index (χ4n) is 2.47. The lowest BCUT2D eigenvalue weighted by atomic mass is 10.1. The second-order valence-electron chi connectivity index (χ2n) is 4.96. The van der Waals surface area contributed by atoms with E-state index in [0.29, 0.717) is 35.8 Å². The lowest BCUT2D eigenvalue weighted by molar-refractivity contribution is -0.137. The Morgan fingerprint density at radius 2 is 1.82 bits per heavy atom. The van der Waals surface area contributed by atoms with Gasteiger partial charge in [-0.2, -0.15) is 0 Å². The van der Waals surface area contributed by atoms with Gasteiger partial charge >= 0.3 is 5.97 Å². The number of carboxylic acids is 1. The second-order valence-corrected chi connectivity index (χ2v) is 4.96. The molecule has 0 saturated carbocycles. The molecule has 1 aromatic carbocycles. The Morgan fingerprint density at radius 1 is 1.23 bits per heavy atom. The van der Waals surface area contributed by atoms with Crippen LogP contribution in [0.1, 0.15) is 32.4 Å². The number of aliphatic carboxylic acids is 1. The minimum absolute atomic E-state index is 0.178. The van der Waals surface area contributed by atoms with Crippen molar-refractivity contribution in [2.45, 2.75) is 33.4 Å². The lowest BCUT2D eigenvalue weighted by Crippen LogP contribution is -2.07. The quantitative estimate of drug-likeness (QED) is 0.821. The van der Waals surface area contributed by atoms with Gasteiger partial charge in [0.1, 0.15) is 6.54 Å². The van der Waals surface area contributed by atoms with Crippen LogP contribution < -0.4 is 9.47 Å². The van der Waals surface area contributed by atoms with E-state index in [1.54, 1.807) is 29.8 Å². The lowest BCUT2D eigenvalue weighted by Gasteiger charge is -2.12. The van der Waals surface area contributed by atoms with E-state index in [1.807, 2.05) is 13.8 Å². The van der Waals surface area contributed by atoms with Gasteiger partial charge in [0.2, 0.25) is 0 Å². The zero-order valence-electron chi connectivity index (χ0n) is 13.0. The molecular weight excluding hydrogens is 286 g/mol. The van der Waals surface area contributed by atoms with Crippen molar-refractivity contribution in [2.24, 2.45) is 0 Å². The molecule has 0 spiro atoms. The molecule has 6 heteroatoms. The summed E-state index contributed by atoms with van der Waals surface area (Å²) >= 11 is 0. The maximum atomic E-state index is 11.0. The third kappa shape index (κ3) is 3.17. The van der Waals surface area contributed by atoms with Gasteiger partial charge in [-0.25, -0.2) is 0 Å². The topological polar surface area (TPSA) is 80.9 Å². The van der Waals surface area contributed by atoms with Crippen LogP contribution in [0.15, 0.2) is 18.3 Å². The van der Waals surface area contributed by atoms with Crippen molar-refractivity contribution in [2.75, 3.05) is 13.2 Å². The molecule has 0 bridgehead atoms. The summed E-state index contributed by atoms with van der Waals surface area (Å²) in [5.74, 6) is 0.214. The maximum absolute atomic E-state index is 11.0. The number of rotatable bonds is 7. The van der Waals surface area contributed by atoms with Crippen LogP contribution in [-0.2, 0) is 11.3 Å². The van der Waals surface area contributed by atoms with Crippen molar-refractivity contribution >= 4 is 16.9 Å². The van der Waals surface area contributed by atoms with E-state index in [0.717, 1.165) is 5.39 Å². The highest BCUT2D eigenvalue weighted by Gasteiger charge is 2.18. The predicted molar refractivity (Wildman–Crippen MR) is 82.5 cm³/mol. The monoisotopic (exact) mass is 307 g/mol. The Labute approximate surface area is 128 Å². The van der Waals surface area contributed by atoms with Gasteiger partial charge in [0.15, 0.2) is 11.5 Å². The molecule has 2 rings (SSSR count). The van der Waals surface area contributed by atoms with Crippen LogP contribution in [0, 0.1) is 0 Å². The summed E-state index contributed by atoms with van der Waals surface area (Å²) in [4.78, 5) is 11.0. The van der Waals surface area contributed by atoms with Gasteiger partial charge in [-0.15, -0.1) is 0 Å². The number of aromatic nitrogens is 1. The molecule has 0 fully saturated rings. The first kappa shape index (κ1) is 16.2. The van der Waals surface area contributed by atoms with Gasteiger partial charge in [-0.05, 0) is 26.8 Å². The average Bonchev–Trinajstić information content (AvgIpc) is 2.77. The summed E-state index contributed by atoms with van der Waals surface area (Å²) in [7, 11) is 0. The molecule has 2 aromatic rings. The summed E-state index contributed by atoms with van der Waals surface area (Å²) in [6.45, 7) is 6.20. The fraction of sp³-hybridized carbons (Fsp3) is 0.438. The molecule has 0 aliphatic heterocycles. The number of aliphatic hydroxyl groups is 1. The standard InChI is InChI=1S/C16H21NO5/c1-4-21-14-6-11-12(10(3)18)8-17(9-16(19)20)13(11)7-15(14)22-5-2/h6-8,10,18H,4-5,9H2,1-3H3,(H,19,20). The van der Waals surface area contributed by atoms with E-state index in [4.69, 9.17) is 14.6 Å². The number of nitrogens with zero attached hydrogens (tertiary/aromatic N) is 1. The van der Waals surface area contributed by atoms with Crippen LogP contribution in [0.2, 0.25) is 0 Å². The number of hydrogen-bond acceptors (Lipinski definition) is 4. The highest BCUT2D eigenvalue weighted by molar-refractivity contribution is 5.88. The first-order valence-electron chi connectivity index (χ1n) is 7.30. The summed E-state index contributed by atoms with van der Waals surface area (Å²) in [6, 6.07) is 3.56. The summed E-state index contributed by atoms with van der Waals surface area (Å²) in [5, 5.41) is 19.7. The van der Waals surface area contributed by atoms with Gasteiger partial charge < -0.3 is 24.3 Å². The van der Waals surface area contributed by atoms with Crippen LogP contribution >= 0.6 is 0 Å². The number of aliphatic hydroxyl groups excluding tert-OH is 1. The van der Waals surface area contributed by atoms with Gasteiger partial charge in [-0.1, -0.05) is 0 Å². The van der Waals surface area contributed by atoms with Crippen molar-refractivity contribution in [1.29, 1.82) is 0 Å². The molecule has 1 heterocycles. The van der Waals surface area contributed by atoms with Crippen molar-refractivity contribution in [3.63, 3.8) is 0 Å². The van der Waals surface area contributed by atoms with Crippen molar-refractivity contribution < 1.29 is 24.5 Å². The molecular formula is C16H21NO5. The van der Waals surface area contributed by atoms with Crippen molar-refractivity contribution in [1.82, 2.24) is 4.57 Å².